The second kappa shape index (κ2) is 5.33. The molecule has 3 heterocycles. The van der Waals surface area contributed by atoms with E-state index < -0.39 is 0 Å². The molecule has 6 heteroatoms. The molecule has 0 amide bonds. The number of aryl methyl sites for hydroxylation is 2. The summed E-state index contributed by atoms with van der Waals surface area (Å²) < 4.78 is 6.55. The Morgan fingerprint density at radius 3 is 2.62 bits per heavy atom. The van der Waals surface area contributed by atoms with Crippen molar-refractivity contribution in [1.29, 1.82) is 0 Å². The van der Waals surface area contributed by atoms with Crippen molar-refractivity contribution in [3.63, 3.8) is 0 Å². The lowest BCUT2D eigenvalue weighted by molar-refractivity contribution is 0.0600. The van der Waals surface area contributed by atoms with Crippen LogP contribution in [0.2, 0.25) is 0 Å². The van der Waals surface area contributed by atoms with Crippen LogP contribution in [0.3, 0.4) is 0 Å². The van der Waals surface area contributed by atoms with Gasteiger partial charge >= 0.3 is 5.97 Å². The zero-order chi connectivity index (χ0) is 16.9. The molecule has 1 saturated carbocycles. The van der Waals surface area contributed by atoms with E-state index in [1.54, 1.807) is 10.9 Å². The minimum absolute atomic E-state index is 0.351. The smallest absolute Gasteiger partial charge is 0.341 e. The van der Waals surface area contributed by atoms with Crippen LogP contribution in [-0.4, -0.2) is 40.9 Å². The second-order valence-corrected chi connectivity index (χ2v) is 7.09. The molecule has 4 rings (SSSR count). The molecule has 1 saturated heterocycles. The zero-order valence-electron chi connectivity index (χ0n) is 14.4. The van der Waals surface area contributed by atoms with Crippen LogP contribution in [0.5, 0.6) is 0 Å². The average molecular weight is 326 g/mol. The summed E-state index contributed by atoms with van der Waals surface area (Å²) in [6, 6.07) is 4.21. The quantitative estimate of drug-likeness (QED) is 0.807. The van der Waals surface area contributed by atoms with Crippen molar-refractivity contribution in [3.8, 4) is 0 Å². The maximum atomic E-state index is 11.7. The molecule has 126 valence electrons. The van der Waals surface area contributed by atoms with E-state index in [9.17, 15) is 4.79 Å². The minimum Gasteiger partial charge on any atom is -0.465 e. The van der Waals surface area contributed by atoms with Gasteiger partial charge in [0.15, 0.2) is 0 Å². The zero-order valence-corrected chi connectivity index (χ0v) is 14.4. The summed E-state index contributed by atoms with van der Waals surface area (Å²) in [5.74, 6) is 0.719. The monoisotopic (exact) mass is 326 g/mol. The number of nitrogens with zero attached hydrogens (tertiary/aromatic N) is 4. The first-order chi connectivity index (χ1) is 11.5. The van der Waals surface area contributed by atoms with Crippen LogP contribution in [0.15, 0.2) is 18.3 Å². The number of hydrogen-bond donors (Lipinski definition) is 0. The Hall–Kier alpha value is -2.37. The number of hydrogen-bond acceptors (Lipinski definition) is 5. The van der Waals surface area contributed by atoms with Gasteiger partial charge in [-0.05, 0) is 38.3 Å². The Bertz CT molecular complexity index is 799. The van der Waals surface area contributed by atoms with Crippen LogP contribution in [-0.2, 0) is 11.3 Å². The molecule has 0 N–H and O–H groups in total. The molecule has 2 fully saturated rings. The van der Waals surface area contributed by atoms with Crippen molar-refractivity contribution in [2.24, 2.45) is 5.41 Å². The Balaban J connectivity index is 1.49. The number of rotatable bonds is 4. The Labute approximate surface area is 141 Å². The topological polar surface area (TPSA) is 60.2 Å². The molecule has 1 aliphatic heterocycles. The van der Waals surface area contributed by atoms with Crippen LogP contribution in [0, 0.1) is 19.3 Å². The van der Waals surface area contributed by atoms with Crippen LogP contribution in [0.4, 0.5) is 5.82 Å². The predicted octanol–water partition coefficient (Wildman–Crippen LogP) is 2.33. The van der Waals surface area contributed by atoms with E-state index in [0.29, 0.717) is 23.2 Å². The van der Waals surface area contributed by atoms with Crippen LogP contribution in [0.25, 0.3) is 0 Å². The van der Waals surface area contributed by atoms with E-state index in [0.717, 1.165) is 30.2 Å². The SMILES string of the molecule is COC(=O)c1cn(Cc2ccc(N3CC4(CC4)C3)nc2C)nc1C. The molecule has 0 aromatic carbocycles. The molecule has 0 bridgehead atoms. The van der Waals surface area contributed by atoms with Gasteiger partial charge in [-0.2, -0.15) is 5.10 Å². The lowest BCUT2D eigenvalue weighted by atomic mass is 9.97. The summed E-state index contributed by atoms with van der Waals surface area (Å²) in [5, 5.41) is 4.41. The van der Waals surface area contributed by atoms with Crippen LogP contribution in [0.1, 0.15) is 40.2 Å². The Morgan fingerprint density at radius 1 is 1.25 bits per heavy atom. The molecule has 6 nitrogen and oxygen atoms in total. The van der Waals surface area contributed by atoms with Gasteiger partial charge in [-0.1, -0.05) is 6.07 Å². The number of aromatic nitrogens is 3. The van der Waals surface area contributed by atoms with Gasteiger partial charge in [-0.15, -0.1) is 0 Å². The first kappa shape index (κ1) is 15.2. The van der Waals surface area contributed by atoms with Crippen molar-refractivity contribution in [2.45, 2.75) is 33.2 Å². The predicted molar refractivity (Wildman–Crippen MR) is 90.3 cm³/mol. The van der Waals surface area contributed by atoms with E-state index in [4.69, 9.17) is 9.72 Å². The van der Waals surface area contributed by atoms with Crippen molar-refractivity contribution in [3.05, 3.63) is 40.8 Å². The summed E-state index contributed by atoms with van der Waals surface area (Å²) >= 11 is 0. The van der Waals surface area contributed by atoms with Crippen LogP contribution >= 0.6 is 0 Å². The van der Waals surface area contributed by atoms with Crippen molar-refractivity contribution < 1.29 is 9.53 Å². The molecule has 1 spiro atoms. The van der Waals surface area contributed by atoms with E-state index in [1.165, 1.54) is 20.0 Å². The average Bonchev–Trinajstić information content (AvgIpc) is 3.25. The van der Waals surface area contributed by atoms with E-state index in [-0.39, 0.29) is 5.97 Å². The van der Waals surface area contributed by atoms with Gasteiger partial charge in [0.05, 0.1) is 19.3 Å². The highest BCUT2D eigenvalue weighted by molar-refractivity contribution is 5.90. The Morgan fingerprint density at radius 2 is 2.00 bits per heavy atom. The molecular weight excluding hydrogens is 304 g/mol. The van der Waals surface area contributed by atoms with Gasteiger partial charge in [-0.25, -0.2) is 9.78 Å². The maximum absolute atomic E-state index is 11.7. The lowest BCUT2D eigenvalue weighted by Crippen LogP contribution is -2.48. The maximum Gasteiger partial charge on any atom is 0.341 e. The summed E-state index contributed by atoms with van der Waals surface area (Å²) in [6.45, 7) is 6.75. The molecule has 0 radical (unpaired) electrons. The number of anilines is 1. The third-order valence-corrected chi connectivity index (χ3v) is 5.20. The third-order valence-electron chi connectivity index (χ3n) is 5.20. The molecule has 1 aliphatic carbocycles. The van der Waals surface area contributed by atoms with Crippen molar-refractivity contribution in [2.75, 3.05) is 25.1 Å². The number of methoxy groups -OCH3 is 1. The van der Waals surface area contributed by atoms with E-state index in [1.807, 2.05) is 13.8 Å². The highest BCUT2D eigenvalue weighted by Crippen LogP contribution is 2.53. The fraction of sp³-hybridized carbons (Fsp3) is 0.500. The fourth-order valence-electron chi connectivity index (χ4n) is 3.42. The van der Waals surface area contributed by atoms with Crippen LogP contribution < -0.4 is 4.90 Å². The first-order valence-electron chi connectivity index (χ1n) is 8.33. The van der Waals surface area contributed by atoms with Gasteiger partial charge in [0, 0.05) is 30.4 Å². The van der Waals surface area contributed by atoms with Gasteiger partial charge < -0.3 is 9.64 Å². The highest BCUT2D eigenvalue weighted by atomic mass is 16.5. The van der Waals surface area contributed by atoms with Gasteiger partial charge in [0.2, 0.25) is 0 Å². The minimum atomic E-state index is -0.351. The van der Waals surface area contributed by atoms with Crippen molar-refractivity contribution >= 4 is 11.8 Å². The summed E-state index contributed by atoms with van der Waals surface area (Å²) in [6.07, 6.45) is 4.49. The molecule has 2 aromatic heterocycles. The molecule has 2 aromatic rings. The van der Waals surface area contributed by atoms with Gasteiger partial charge in [0.1, 0.15) is 11.4 Å². The summed E-state index contributed by atoms with van der Waals surface area (Å²) in [7, 11) is 1.38. The number of esters is 1. The normalized spacial score (nSPS) is 17.7. The number of carbonyl (C=O) groups excluding carboxylic acids is 1. The van der Waals surface area contributed by atoms with Gasteiger partial charge in [0.25, 0.3) is 0 Å². The summed E-state index contributed by atoms with van der Waals surface area (Å²) in [5.41, 5.74) is 3.94. The number of carbonyl (C=O) groups is 1. The highest BCUT2D eigenvalue weighted by Gasteiger charge is 2.52. The Kier molecular flexibility index (Phi) is 3.37. The fourth-order valence-corrected chi connectivity index (χ4v) is 3.42. The standard InChI is InChI=1S/C18H22N4O2/c1-12-14(8-22-9-15(13(2)20-22)17(23)24-3)4-5-16(19-12)21-10-18(11-21)6-7-18/h4-5,9H,6-8,10-11H2,1-3H3. The molecule has 2 aliphatic rings. The second-order valence-electron chi connectivity index (χ2n) is 7.09. The number of ether oxygens (including phenoxy) is 1. The molecule has 0 atom stereocenters. The summed E-state index contributed by atoms with van der Waals surface area (Å²) in [4.78, 5) is 18.8. The van der Waals surface area contributed by atoms with E-state index in [2.05, 4.69) is 22.1 Å². The lowest BCUT2D eigenvalue weighted by Gasteiger charge is -2.41. The number of pyridine rings is 1. The molecule has 0 unspecified atom stereocenters. The van der Waals surface area contributed by atoms with Gasteiger partial charge in [-0.3, -0.25) is 4.68 Å². The third kappa shape index (κ3) is 2.56. The van der Waals surface area contributed by atoms with Crippen molar-refractivity contribution in [1.82, 2.24) is 14.8 Å². The molecule has 24 heavy (non-hydrogen) atoms. The first-order valence-corrected chi connectivity index (χ1v) is 8.33. The molecular formula is C18H22N4O2. The van der Waals surface area contributed by atoms with E-state index >= 15 is 0 Å². The largest absolute Gasteiger partial charge is 0.465 e.